The normalized spacial score (nSPS) is 14.7. The third-order valence-corrected chi connectivity index (χ3v) is 4.44. The van der Waals surface area contributed by atoms with Gasteiger partial charge < -0.3 is 15.2 Å². The van der Waals surface area contributed by atoms with Crippen LogP contribution in [-0.2, 0) is 19.5 Å². The highest BCUT2D eigenvalue weighted by atomic mass is 19.1. The van der Waals surface area contributed by atoms with Crippen LogP contribution in [0.4, 0.5) is 13.6 Å². The fraction of sp³-hybridized carbons (Fsp3) is 0.444. The van der Waals surface area contributed by atoms with Gasteiger partial charge in [-0.1, -0.05) is 13.0 Å². The first-order valence-electron chi connectivity index (χ1n) is 8.61. The number of amides is 2. The number of halogens is 2. The smallest absolute Gasteiger partial charge is 0.315 e. The lowest BCUT2D eigenvalue weighted by atomic mass is 10.0. The molecular weight excluding hydrogens is 326 g/mol. The monoisotopic (exact) mass is 348 g/mol. The molecule has 0 bridgehead atoms. The van der Waals surface area contributed by atoms with Gasteiger partial charge in [0.25, 0.3) is 0 Å². The molecule has 1 aromatic heterocycles. The van der Waals surface area contributed by atoms with Crippen molar-refractivity contribution in [3.8, 4) is 0 Å². The largest absolute Gasteiger partial charge is 0.335 e. The molecule has 7 heteroatoms. The van der Waals surface area contributed by atoms with Gasteiger partial charge in [0.2, 0.25) is 0 Å². The van der Waals surface area contributed by atoms with Crippen LogP contribution in [0.1, 0.15) is 49.3 Å². The lowest BCUT2D eigenvalue weighted by Crippen LogP contribution is -2.37. The van der Waals surface area contributed by atoms with Crippen molar-refractivity contribution in [1.29, 1.82) is 0 Å². The van der Waals surface area contributed by atoms with Crippen molar-refractivity contribution in [2.45, 2.75) is 51.7 Å². The third kappa shape index (κ3) is 4.15. The average Bonchev–Trinajstić information content (AvgIpc) is 3.01. The molecule has 0 saturated heterocycles. The molecule has 2 aromatic rings. The molecule has 25 heavy (non-hydrogen) atoms. The number of urea groups is 1. The molecule has 0 unspecified atom stereocenters. The van der Waals surface area contributed by atoms with Gasteiger partial charge in [0.05, 0.1) is 18.3 Å². The number of nitrogens with zero attached hydrogens (tertiary/aromatic N) is 2. The second-order valence-electron chi connectivity index (χ2n) is 6.25. The van der Waals surface area contributed by atoms with E-state index < -0.39 is 23.7 Å². The summed E-state index contributed by atoms with van der Waals surface area (Å²) in [6, 6.07) is 2.46. The molecule has 3 rings (SSSR count). The molecule has 1 aromatic carbocycles. The second-order valence-corrected chi connectivity index (χ2v) is 6.25. The van der Waals surface area contributed by atoms with E-state index in [2.05, 4.69) is 20.2 Å². The van der Waals surface area contributed by atoms with E-state index in [9.17, 15) is 13.6 Å². The molecule has 1 aliphatic heterocycles. The predicted molar refractivity (Wildman–Crippen MR) is 89.9 cm³/mol. The molecule has 0 fully saturated rings. The van der Waals surface area contributed by atoms with Crippen molar-refractivity contribution in [2.75, 3.05) is 0 Å². The van der Waals surface area contributed by atoms with Gasteiger partial charge in [0, 0.05) is 30.8 Å². The Labute approximate surface area is 145 Å². The van der Waals surface area contributed by atoms with Crippen LogP contribution in [0.5, 0.6) is 0 Å². The number of aromatic nitrogens is 2. The van der Waals surface area contributed by atoms with E-state index in [4.69, 9.17) is 0 Å². The summed E-state index contributed by atoms with van der Waals surface area (Å²) in [5.41, 5.74) is 1.09. The van der Waals surface area contributed by atoms with Crippen molar-refractivity contribution in [1.82, 2.24) is 20.2 Å². The molecule has 0 aliphatic carbocycles. The zero-order valence-corrected chi connectivity index (χ0v) is 14.2. The number of hydrogen-bond acceptors (Lipinski definition) is 2. The van der Waals surface area contributed by atoms with Gasteiger partial charge in [0.1, 0.15) is 17.5 Å². The maximum absolute atomic E-state index is 13.9. The van der Waals surface area contributed by atoms with Gasteiger partial charge in [-0.25, -0.2) is 18.6 Å². The topological polar surface area (TPSA) is 59.0 Å². The van der Waals surface area contributed by atoms with Crippen molar-refractivity contribution >= 4 is 6.03 Å². The number of carbonyl (C=O) groups is 1. The Morgan fingerprint density at radius 2 is 2.20 bits per heavy atom. The van der Waals surface area contributed by atoms with Crippen molar-refractivity contribution in [2.24, 2.45) is 0 Å². The maximum Gasteiger partial charge on any atom is 0.315 e. The van der Waals surface area contributed by atoms with Gasteiger partial charge in [0.15, 0.2) is 0 Å². The van der Waals surface area contributed by atoms with Crippen LogP contribution >= 0.6 is 0 Å². The quantitative estimate of drug-likeness (QED) is 0.869. The van der Waals surface area contributed by atoms with E-state index in [0.717, 1.165) is 43.4 Å². The minimum atomic E-state index is -0.658. The Morgan fingerprint density at radius 1 is 1.36 bits per heavy atom. The Bertz CT molecular complexity index is 736. The summed E-state index contributed by atoms with van der Waals surface area (Å²) in [7, 11) is 0. The fourth-order valence-corrected chi connectivity index (χ4v) is 3.12. The van der Waals surface area contributed by atoms with Gasteiger partial charge in [-0.3, -0.25) is 0 Å². The number of benzene rings is 1. The highest BCUT2D eigenvalue weighted by Crippen LogP contribution is 2.21. The Kier molecular flexibility index (Phi) is 5.31. The van der Waals surface area contributed by atoms with E-state index in [1.54, 1.807) is 0 Å². The van der Waals surface area contributed by atoms with Gasteiger partial charge in [-0.05, 0) is 25.3 Å². The summed E-state index contributed by atoms with van der Waals surface area (Å²) < 4.78 is 29.1. The highest BCUT2D eigenvalue weighted by molar-refractivity contribution is 5.74. The Morgan fingerprint density at radius 3 is 2.92 bits per heavy atom. The molecular formula is C18H22F2N4O. The van der Waals surface area contributed by atoms with Crippen molar-refractivity contribution in [3.63, 3.8) is 0 Å². The first-order valence-corrected chi connectivity index (χ1v) is 8.61. The number of hydrogen-bond donors (Lipinski definition) is 2. The van der Waals surface area contributed by atoms with Crippen LogP contribution in [0.25, 0.3) is 0 Å². The summed E-state index contributed by atoms with van der Waals surface area (Å²) in [4.78, 5) is 16.6. The van der Waals surface area contributed by atoms with Crippen molar-refractivity contribution in [3.05, 3.63) is 53.1 Å². The number of rotatable bonds is 5. The second kappa shape index (κ2) is 7.63. The molecule has 134 valence electrons. The van der Waals surface area contributed by atoms with Crippen LogP contribution in [0.3, 0.4) is 0 Å². The SMILES string of the molecule is CC[C@@H](NC(=O)NCc1cn2c(n1)CCCC2)c1ccc(F)cc1F. The molecule has 1 aliphatic rings. The number of fused-ring (bicyclic) bond motifs is 1. The molecule has 0 radical (unpaired) electrons. The van der Waals surface area contributed by atoms with Crippen LogP contribution in [0.15, 0.2) is 24.4 Å². The van der Waals surface area contributed by atoms with E-state index >= 15 is 0 Å². The average molecular weight is 348 g/mol. The summed E-state index contributed by atoms with van der Waals surface area (Å²) in [6.45, 7) is 3.11. The molecule has 0 saturated carbocycles. The molecule has 5 nitrogen and oxygen atoms in total. The number of carbonyl (C=O) groups excluding carboxylic acids is 1. The summed E-state index contributed by atoms with van der Waals surface area (Å²) in [5, 5.41) is 5.48. The van der Waals surface area contributed by atoms with Gasteiger partial charge in [-0.2, -0.15) is 0 Å². The first kappa shape index (κ1) is 17.4. The number of aryl methyl sites for hydroxylation is 2. The highest BCUT2D eigenvalue weighted by Gasteiger charge is 2.18. The molecule has 0 spiro atoms. The summed E-state index contributed by atoms with van der Waals surface area (Å²) in [5.74, 6) is -0.235. The van der Waals surface area contributed by atoms with Crippen LogP contribution in [-0.4, -0.2) is 15.6 Å². The van der Waals surface area contributed by atoms with Crippen molar-refractivity contribution < 1.29 is 13.6 Å². The van der Waals surface area contributed by atoms with E-state index in [1.807, 2.05) is 13.1 Å². The van der Waals surface area contributed by atoms with Gasteiger partial charge >= 0.3 is 6.03 Å². The summed E-state index contributed by atoms with van der Waals surface area (Å²) >= 11 is 0. The van der Waals surface area contributed by atoms with E-state index in [-0.39, 0.29) is 5.56 Å². The Balaban J connectivity index is 1.58. The van der Waals surface area contributed by atoms with Gasteiger partial charge in [-0.15, -0.1) is 0 Å². The van der Waals surface area contributed by atoms with E-state index in [1.165, 1.54) is 12.1 Å². The zero-order valence-electron chi connectivity index (χ0n) is 14.2. The standard InChI is InChI=1S/C18H22F2N4O/c1-2-16(14-7-6-12(19)9-15(14)20)23-18(25)21-10-13-11-24-8-4-3-5-17(24)22-13/h6-7,9,11,16H,2-5,8,10H2,1H3,(H2,21,23,25)/t16-/m1/s1. The number of imidazole rings is 1. The molecule has 1 atom stereocenters. The Hall–Kier alpha value is -2.44. The predicted octanol–water partition coefficient (Wildman–Crippen LogP) is 3.45. The lowest BCUT2D eigenvalue weighted by molar-refractivity contribution is 0.236. The molecule has 2 amide bonds. The summed E-state index contributed by atoms with van der Waals surface area (Å²) in [6.07, 6.45) is 5.72. The molecule has 2 N–H and O–H groups in total. The van der Waals surface area contributed by atoms with Crippen LogP contribution < -0.4 is 10.6 Å². The minimum Gasteiger partial charge on any atom is -0.335 e. The third-order valence-electron chi connectivity index (χ3n) is 4.44. The first-order chi connectivity index (χ1) is 12.1. The lowest BCUT2D eigenvalue weighted by Gasteiger charge is -2.18. The molecule has 2 heterocycles. The zero-order chi connectivity index (χ0) is 17.8. The van der Waals surface area contributed by atoms with Crippen LogP contribution in [0, 0.1) is 11.6 Å². The fourth-order valence-electron chi connectivity index (χ4n) is 3.12. The number of nitrogens with one attached hydrogen (secondary N) is 2. The minimum absolute atomic E-state index is 0.275. The maximum atomic E-state index is 13.9. The van der Waals surface area contributed by atoms with E-state index in [0.29, 0.717) is 13.0 Å². The van der Waals surface area contributed by atoms with Crippen LogP contribution in [0.2, 0.25) is 0 Å².